The largest absolute Gasteiger partial charge is 0.507 e. The maximum absolute atomic E-state index is 13.9. The number of para-hydroxylation sites is 1. The van der Waals surface area contributed by atoms with E-state index in [0.29, 0.717) is 29.4 Å². The van der Waals surface area contributed by atoms with Gasteiger partial charge in [0.25, 0.3) is 5.91 Å². The van der Waals surface area contributed by atoms with Gasteiger partial charge in [0.1, 0.15) is 42.2 Å². The summed E-state index contributed by atoms with van der Waals surface area (Å²) in [7, 11) is 0. The van der Waals surface area contributed by atoms with Crippen LogP contribution in [0.4, 0.5) is 4.79 Å². The Balaban J connectivity index is 1.62. The minimum Gasteiger partial charge on any atom is -0.507 e. The predicted octanol–water partition coefficient (Wildman–Crippen LogP) is 6.60. The first-order valence-corrected chi connectivity index (χ1v) is 23.8. The third-order valence-corrected chi connectivity index (χ3v) is 11.3. The molecule has 0 saturated carbocycles. The lowest BCUT2D eigenvalue weighted by atomic mass is 10.0. The first kappa shape index (κ1) is 54.4. The van der Waals surface area contributed by atoms with Gasteiger partial charge in [-0.15, -0.1) is 0 Å². The van der Waals surface area contributed by atoms with Crippen LogP contribution in [-0.2, 0) is 38.2 Å². The summed E-state index contributed by atoms with van der Waals surface area (Å²) in [5.41, 5.74) is -0.675. The fourth-order valence-corrected chi connectivity index (χ4v) is 7.57. The second-order valence-corrected chi connectivity index (χ2v) is 18.1. The van der Waals surface area contributed by atoms with Gasteiger partial charge in [-0.3, -0.25) is 29.6 Å². The number of alkyl carbamates (subject to hydrolysis) is 1. The number of amides is 5. The number of nitrogens with zero attached hydrogens (tertiary/aromatic N) is 3. The van der Waals surface area contributed by atoms with E-state index >= 15 is 0 Å². The number of phenolic OH excluding ortho intramolecular Hbond substituents is 1. The summed E-state index contributed by atoms with van der Waals surface area (Å²) in [6.45, 7) is 8.34. The van der Waals surface area contributed by atoms with Crippen LogP contribution in [0.15, 0.2) is 29.3 Å². The monoisotopic (exact) mass is 917 g/mol. The van der Waals surface area contributed by atoms with Crippen LogP contribution < -0.4 is 16.0 Å². The molecule has 366 valence electrons. The predicted molar refractivity (Wildman–Crippen MR) is 242 cm³/mol. The van der Waals surface area contributed by atoms with Crippen molar-refractivity contribution in [3.05, 3.63) is 29.8 Å². The molecular formula is C47H76N6O12. The molecule has 65 heavy (non-hydrogen) atoms. The van der Waals surface area contributed by atoms with Crippen LogP contribution in [-0.4, -0.2) is 123 Å². The quantitative estimate of drug-likeness (QED) is 0.0225. The molecule has 1 fully saturated rings. The maximum atomic E-state index is 13.9. The van der Waals surface area contributed by atoms with E-state index in [1.165, 1.54) is 70.8 Å². The normalized spacial score (nSPS) is 17.7. The first-order valence-electron chi connectivity index (χ1n) is 23.8. The number of esters is 1. The summed E-state index contributed by atoms with van der Waals surface area (Å²) in [5, 5.41) is 39.7. The van der Waals surface area contributed by atoms with Crippen LogP contribution in [0.25, 0.3) is 0 Å². The van der Waals surface area contributed by atoms with Gasteiger partial charge < -0.3 is 35.3 Å². The van der Waals surface area contributed by atoms with Crippen LogP contribution >= 0.6 is 0 Å². The lowest BCUT2D eigenvalue weighted by Gasteiger charge is -2.29. The van der Waals surface area contributed by atoms with Crippen LogP contribution in [0, 0.1) is 0 Å². The van der Waals surface area contributed by atoms with Gasteiger partial charge in [0.2, 0.25) is 23.6 Å². The molecular weight excluding hydrogens is 841 g/mol. The van der Waals surface area contributed by atoms with Crippen molar-refractivity contribution in [2.24, 2.45) is 4.99 Å². The van der Waals surface area contributed by atoms with Gasteiger partial charge >= 0.3 is 12.1 Å². The maximum Gasteiger partial charge on any atom is 0.408 e. The van der Waals surface area contributed by atoms with Crippen LogP contribution in [0.5, 0.6) is 5.75 Å². The van der Waals surface area contributed by atoms with E-state index in [9.17, 15) is 44.3 Å². The molecule has 5 atom stereocenters. The van der Waals surface area contributed by atoms with Crippen LogP contribution in [0.1, 0.15) is 169 Å². The number of benzene rings is 1. The Kier molecular flexibility index (Phi) is 24.1. The van der Waals surface area contributed by atoms with Crippen molar-refractivity contribution in [1.29, 1.82) is 0 Å². The molecule has 18 heteroatoms. The van der Waals surface area contributed by atoms with E-state index in [1.54, 1.807) is 39.0 Å². The number of carbonyl (C=O) groups excluding carboxylic acids is 6. The van der Waals surface area contributed by atoms with Crippen LogP contribution in [0.2, 0.25) is 0 Å². The van der Waals surface area contributed by atoms with Crippen molar-refractivity contribution in [3.8, 4) is 5.75 Å². The smallest absolute Gasteiger partial charge is 0.408 e. The molecule has 1 saturated heterocycles. The summed E-state index contributed by atoms with van der Waals surface area (Å²) >= 11 is 0. The molecule has 0 spiro atoms. The van der Waals surface area contributed by atoms with E-state index in [-0.39, 0.29) is 69.0 Å². The van der Waals surface area contributed by atoms with E-state index in [4.69, 9.17) is 14.2 Å². The standard InChI is InChI=1S/C47H76N6O12/c1-6-7-8-9-10-11-12-13-14-15-16-17-18-29-39(55)52(61)30-23-22-27-36(49-41(56)37-32-63-43(50-37)34-25-19-20-28-38(34)54)45(59)64-33(2)40(51-46(60)65-47(3,4)5)42(57)48-35-26-21-24-31-53(62)44(35)58/h19-20,25,28,33,35-37,40,54,61-62H,6-18,21-24,26-27,29-32H2,1-5H3,(H,48,57)(H,49,56)(H,51,60)/t33-,35+,36+,37?,40+/m1/s1. The van der Waals surface area contributed by atoms with Crippen molar-refractivity contribution in [2.75, 3.05) is 19.7 Å². The van der Waals surface area contributed by atoms with Gasteiger partial charge in [-0.25, -0.2) is 24.7 Å². The summed E-state index contributed by atoms with van der Waals surface area (Å²) in [5.74, 6) is -3.73. The number of aliphatic imine (C=N–C) groups is 1. The molecule has 1 unspecified atom stereocenters. The SMILES string of the molecule is CCCCCCCCCCCCCCCC(=O)N(O)CCCC[C@H](NC(=O)C1COC(c2ccccc2O)=N1)C(=O)O[C@H](C)[C@H](NC(=O)OC(C)(C)C)C(=O)N[C@H]1CCCCN(O)C1=O. The van der Waals surface area contributed by atoms with Crippen molar-refractivity contribution < 1.29 is 58.5 Å². The van der Waals surface area contributed by atoms with E-state index in [0.717, 1.165) is 19.3 Å². The van der Waals surface area contributed by atoms with Gasteiger partial charge in [0.15, 0.2) is 6.04 Å². The highest BCUT2D eigenvalue weighted by Crippen LogP contribution is 2.22. The number of hydrogen-bond acceptors (Lipinski definition) is 13. The molecule has 1 aromatic carbocycles. The van der Waals surface area contributed by atoms with Crippen molar-refractivity contribution in [1.82, 2.24) is 26.1 Å². The molecule has 6 N–H and O–H groups in total. The Bertz CT molecular complexity index is 1700. The molecule has 18 nitrogen and oxygen atoms in total. The number of hydroxylamine groups is 4. The van der Waals surface area contributed by atoms with Crippen LogP contribution in [0.3, 0.4) is 0 Å². The number of aromatic hydroxyl groups is 1. The molecule has 5 amide bonds. The summed E-state index contributed by atoms with van der Waals surface area (Å²) in [4.78, 5) is 83.9. The zero-order chi connectivity index (χ0) is 47.8. The molecule has 0 bridgehead atoms. The Labute approximate surface area is 384 Å². The van der Waals surface area contributed by atoms with E-state index in [2.05, 4.69) is 27.9 Å². The molecule has 2 aliphatic rings. The second kappa shape index (κ2) is 28.8. The number of unbranched alkanes of at least 4 members (excludes halogenated alkanes) is 13. The fourth-order valence-electron chi connectivity index (χ4n) is 7.57. The minimum atomic E-state index is -1.58. The number of nitrogens with one attached hydrogen (secondary N) is 3. The van der Waals surface area contributed by atoms with Gasteiger partial charge in [0.05, 0.1) is 5.56 Å². The zero-order valence-electron chi connectivity index (χ0n) is 39.3. The Hall–Kier alpha value is -4.97. The van der Waals surface area contributed by atoms with Gasteiger partial charge in [-0.1, -0.05) is 96.1 Å². The Morgan fingerprint density at radius 2 is 1.54 bits per heavy atom. The number of rotatable bonds is 28. The van der Waals surface area contributed by atoms with Gasteiger partial charge in [-0.05, 0) is 84.8 Å². The average Bonchev–Trinajstić information content (AvgIpc) is 3.70. The molecule has 1 aromatic rings. The minimum absolute atomic E-state index is 0.0126. The molecule has 2 heterocycles. The number of ether oxygens (including phenoxy) is 3. The molecule has 0 aromatic heterocycles. The van der Waals surface area contributed by atoms with E-state index in [1.807, 2.05) is 0 Å². The summed E-state index contributed by atoms with van der Waals surface area (Å²) in [6.07, 6.45) is 14.9. The lowest BCUT2D eigenvalue weighted by molar-refractivity contribution is -0.167. The Morgan fingerprint density at radius 3 is 2.17 bits per heavy atom. The highest BCUT2D eigenvalue weighted by Gasteiger charge is 2.38. The molecule has 2 aliphatic heterocycles. The highest BCUT2D eigenvalue weighted by molar-refractivity contribution is 6.00. The molecule has 3 rings (SSSR count). The zero-order valence-corrected chi connectivity index (χ0v) is 39.3. The fraction of sp³-hybridized carbons (Fsp3) is 0.723. The number of carbonyl (C=O) groups is 6. The molecule has 0 radical (unpaired) electrons. The third-order valence-electron chi connectivity index (χ3n) is 11.3. The second-order valence-electron chi connectivity index (χ2n) is 18.1. The van der Waals surface area contributed by atoms with Crippen molar-refractivity contribution in [3.63, 3.8) is 0 Å². The third kappa shape index (κ3) is 20.4. The summed E-state index contributed by atoms with van der Waals surface area (Å²) in [6, 6.07) is 1.21. The van der Waals surface area contributed by atoms with Crippen molar-refractivity contribution >= 4 is 41.6 Å². The highest BCUT2D eigenvalue weighted by atomic mass is 16.6. The van der Waals surface area contributed by atoms with E-state index < -0.39 is 71.6 Å². The van der Waals surface area contributed by atoms with Gasteiger partial charge in [0, 0.05) is 19.5 Å². The Morgan fingerprint density at radius 1 is 0.908 bits per heavy atom. The first-order chi connectivity index (χ1) is 31.0. The number of phenols is 1. The van der Waals surface area contributed by atoms with Crippen molar-refractivity contribution in [2.45, 2.75) is 199 Å². The molecule has 0 aliphatic carbocycles. The lowest BCUT2D eigenvalue weighted by Crippen LogP contribution is -2.58. The van der Waals surface area contributed by atoms with Gasteiger partial charge in [-0.2, -0.15) is 0 Å². The number of hydrogen-bond donors (Lipinski definition) is 6. The summed E-state index contributed by atoms with van der Waals surface area (Å²) < 4.78 is 16.7. The topological polar surface area (TPSA) is 246 Å². The average molecular weight is 917 g/mol.